The van der Waals surface area contributed by atoms with E-state index in [-0.39, 0.29) is 11.3 Å². The van der Waals surface area contributed by atoms with Gasteiger partial charge in [0.25, 0.3) is 17.4 Å². The van der Waals surface area contributed by atoms with Gasteiger partial charge < -0.3 is 4.74 Å². The van der Waals surface area contributed by atoms with Crippen molar-refractivity contribution in [3.05, 3.63) is 92.4 Å². The van der Waals surface area contributed by atoms with Crippen LogP contribution in [0.15, 0.2) is 59.4 Å². The minimum atomic E-state index is -0.619. The predicted molar refractivity (Wildman–Crippen MR) is 121 cm³/mol. The summed E-state index contributed by atoms with van der Waals surface area (Å²) in [7, 11) is 0. The Morgan fingerprint density at radius 1 is 1.03 bits per heavy atom. The Bertz CT molecular complexity index is 1180. The molecule has 3 aromatic rings. The third kappa shape index (κ3) is 5.95. The molecule has 0 unspecified atom stereocenters. The molecule has 0 fully saturated rings. The van der Waals surface area contributed by atoms with E-state index in [2.05, 4.69) is 16.0 Å². The van der Waals surface area contributed by atoms with Crippen LogP contribution in [-0.4, -0.2) is 21.6 Å². The van der Waals surface area contributed by atoms with Crippen molar-refractivity contribution in [1.29, 1.82) is 0 Å². The second kappa shape index (κ2) is 10.6. The molecule has 1 aromatic heterocycles. The fourth-order valence-electron chi connectivity index (χ4n) is 2.82. The number of amides is 2. The Kier molecular flexibility index (Phi) is 7.62. The van der Waals surface area contributed by atoms with Gasteiger partial charge in [0.1, 0.15) is 12.4 Å². The molecule has 2 amide bonds. The SMILES string of the molecule is CCCn1nc(C(=O)NNC(=O)c2ccc(COc3ccc(Cl)c(C)c3)cc2)ccc1=O. The zero-order chi connectivity index (χ0) is 23.1. The monoisotopic (exact) mass is 454 g/mol. The summed E-state index contributed by atoms with van der Waals surface area (Å²) in [6.07, 6.45) is 0.703. The number of aryl methyl sites for hydroxylation is 2. The van der Waals surface area contributed by atoms with E-state index in [1.54, 1.807) is 36.4 Å². The van der Waals surface area contributed by atoms with Crippen LogP contribution in [0.5, 0.6) is 5.75 Å². The topological polar surface area (TPSA) is 102 Å². The third-order valence-electron chi connectivity index (χ3n) is 4.58. The van der Waals surface area contributed by atoms with E-state index in [0.717, 1.165) is 11.1 Å². The Labute approximate surface area is 190 Å². The molecular formula is C23H23ClN4O4. The normalized spacial score (nSPS) is 10.5. The fraction of sp³-hybridized carbons (Fsp3) is 0.217. The lowest BCUT2D eigenvalue weighted by atomic mass is 10.1. The van der Waals surface area contributed by atoms with E-state index in [1.165, 1.54) is 16.8 Å². The first-order valence-electron chi connectivity index (χ1n) is 10.0. The highest BCUT2D eigenvalue weighted by Gasteiger charge is 2.12. The van der Waals surface area contributed by atoms with Crippen LogP contribution in [0, 0.1) is 6.92 Å². The van der Waals surface area contributed by atoms with Gasteiger partial charge in [-0.2, -0.15) is 5.10 Å². The minimum absolute atomic E-state index is 0.0308. The smallest absolute Gasteiger partial charge is 0.290 e. The Balaban J connectivity index is 1.54. The summed E-state index contributed by atoms with van der Waals surface area (Å²) < 4.78 is 6.96. The maximum atomic E-state index is 12.3. The number of hydrazine groups is 1. The lowest BCUT2D eigenvalue weighted by Gasteiger charge is -2.10. The van der Waals surface area contributed by atoms with Crippen molar-refractivity contribution < 1.29 is 14.3 Å². The number of benzene rings is 2. The lowest BCUT2D eigenvalue weighted by Crippen LogP contribution is -2.42. The quantitative estimate of drug-likeness (QED) is 0.533. The molecule has 2 N–H and O–H groups in total. The van der Waals surface area contributed by atoms with Gasteiger partial charge in [0.05, 0.1) is 0 Å². The van der Waals surface area contributed by atoms with Gasteiger partial charge in [0.15, 0.2) is 5.69 Å². The number of carbonyl (C=O) groups is 2. The molecule has 0 saturated carbocycles. The largest absolute Gasteiger partial charge is 0.489 e. The van der Waals surface area contributed by atoms with E-state index in [4.69, 9.17) is 16.3 Å². The van der Waals surface area contributed by atoms with Gasteiger partial charge in [-0.15, -0.1) is 0 Å². The van der Waals surface area contributed by atoms with Crippen LogP contribution in [0.3, 0.4) is 0 Å². The van der Waals surface area contributed by atoms with Crippen molar-refractivity contribution in [1.82, 2.24) is 20.6 Å². The van der Waals surface area contributed by atoms with Crippen molar-refractivity contribution in [3.63, 3.8) is 0 Å². The first kappa shape index (κ1) is 23.0. The molecule has 3 rings (SSSR count). The van der Waals surface area contributed by atoms with Crippen molar-refractivity contribution in [2.24, 2.45) is 0 Å². The molecule has 0 radical (unpaired) electrons. The molecule has 2 aromatic carbocycles. The number of rotatable bonds is 7. The highest BCUT2D eigenvalue weighted by atomic mass is 35.5. The summed E-state index contributed by atoms with van der Waals surface area (Å²) >= 11 is 6.01. The zero-order valence-electron chi connectivity index (χ0n) is 17.7. The molecule has 0 atom stereocenters. The predicted octanol–water partition coefficient (Wildman–Crippen LogP) is 3.27. The van der Waals surface area contributed by atoms with Gasteiger partial charge in [0, 0.05) is 23.2 Å². The van der Waals surface area contributed by atoms with Crippen LogP contribution >= 0.6 is 11.6 Å². The number of nitrogens with one attached hydrogen (secondary N) is 2. The Hall–Kier alpha value is -3.65. The summed E-state index contributed by atoms with van der Waals surface area (Å²) in [5.74, 6) is -0.400. The van der Waals surface area contributed by atoms with Crippen LogP contribution in [0.1, 0.15) is 45.3 Å². The first-order valence-corrected chi connectivity index (χ1v) is 10.4. The standard InChI is InChI=1S/C23H23ClN4O4/c1-3-12-28-21(29)11-10-20(27-28)23(31)26-25-22(30)17-6-4-16(5-7-17)14-32-18-8-9-19(24)15(2)13-18/h4-11,13H,3,12,14H2,1-2H3,(H,25,30)(H,26,31). The molecule has 0 aliphatic carbocycles. The molecule has 8 nitrogen and oxygen atoms in total. The van der Waals surface area contributed by atoms with Crippen LogP contribution in [-0.2, 0) is 13.2 Å². The number of hydrogen-bond donors (Lipinski definition) is 2. The number of ether oxygens (including phenoxy) is 1. The van der Waals surface area contributed by atoms with E-state index in [0.29, 0.717) is 35.9 Å². The van der Waals surface area contributed by atoms with E-state index < -0.39 is 11.8 Å². The molecule has 32 heavy (non-hydrogen) atoms. The average Bonchev–Trinajstić information content (AvgIpc) is 2.80. The van der Waals surface area contributed by atoms with Crippen molar-refractivity contribution in [2.75, 3.05) is 0 Å². The number of halogens is 1. The van der Waals surface area contributed by atoms with Gasteiger partial charge in [0.2, 0.25) is 0 Å². The van der Waals surface area contributed by atoms with Gasteiger partial charge in [-0.1, -0.05) is 30.7 Å². The van der Waals surface area contributed by atoms with E-state index in [9.17, 15) is 14.4 Å². The van der Waals surface area contributed by atoms with Crippen LogP contribution in [0.2, 0.25) is 5.02 Å². The number of carbonyl (C=O) groups excluding carboxylic acids is 2. The van der Waals surface area contributed by atoms with Crippen LogP contribution < -0.4 is 21.1 Å². The minimum Gasteiger partial charge on any atom is -0.489 e. The third-order valence-corrected chi connectivity index (χ3v) is 5.00. The molecule has 0 bridgehead atoms. The molecule has 9 heteroatoms. The van der Waals surface area contributed by atoms with Crippen molar-refractivity contribution in [2.45, 2.75) is 33.4 Å². The van der Waals surface area contributed by atoms with Gasteiger partial charge in [-0.05, 0) is 60.9 Å². The maximum Gasteiger partial charge on any atom is 0.290 e. The summed E-state index contributed by atoms with van der Waals surface area (Å²) in [6, 6.07) is 14.8. The Morgan fingerprint density at radius 3 is 2.44 bits per heavy atom. The Morgan fingerprint density at radius 2 is 1.75 bits per heavy atom. The molecule has 0 aliphatic rings. The fourth-order valence-corrected chi connectivity index (χ4v) is 2.94. The van der Waals surface area contributed by atoms with E-state index >= 15 is 0 Å². The van der Waals surface area contributed by atoms with Gasteiger partial charge >= 0.3 is 0 Å². The second-order valence-electron chi connectivity index (χ2n) is 7.08. The summed E-state index contributed by atoms with van der Waals surface area (Å²) in [6.45, 7) is 4.54. The molecule has 1 heterocycles. The van der Waals surface area contributed by atoms with Gasteiger partial charge in [-0.25, -0.2) is 4.68 Å². The molecular weight excluding hydrogens is 432 g/mol. The second-order valence-corrected chi connectivity index (χ2v) is 7.49. The average molecular weight is 455 g/mol. The highest BCUT2D eigenvalue weighted by Crippen LogP contribution is 2.21. The number of aromatic nitrogens is 2. The summed E-state index contributed by atoms with van der Waals surface area (Å²) in [4.78, 5) is 36.3. The maximum absolute atomic E-state index is 12.3. The molecule has 0 saturated heterocycles. The highest BCUT2D eigenvalue weighted by molar-refractivity contribution is 6.31. The van der Waals surface area contributed by atoms with Gasteiger partial charge in [-0.3, -0.25) is 25.2 Å². The molecule has 0 aliphatic heterocycles. The summed E-state index contributed by atoms with van der Waals surface area (Å²) in [5.41, 5.74) is 6.55. The van der Waals surface area contributed by atoms with Crippen molar-refractivity contribution >= 4 is 23.4 Å². The lowest BCUT2D eigenvalue weighted by molar-refractivity contribution is 0.0842. The van der Waals surface area contributed by atoms with Crippen molar-refractivity contribution in [3.8, 4) is 5.75 Å². The van der Waals surface area contributed by atoms with Crippen LogP contribution in [0.25, 0.3) is 0 Å². The molecule has 166 valence electrons. The first-order chi connectivity index (χ1) is 15.4. The zero-order valence-corrected chi connectivity index (χ0v) is 18.5. The summed E-state index contributed by atoms with van der Waals surface area (Å²) in [5, 5.41) is 4.68. The van der Waals surface area contributed by atoms with E-state index in [1.807, 2.05) is 19.9 Å². The number of hydrogen-bond acceptors (Lipinski definition) is 5. The van der Waals surface area contributed by atoms with Crippen LogP contribution in [0.4, 0.5) is 0 Å². The molecule has 0 spiro atoms. The number of nitrogens with zero attached hydrogens (tertiary/aromatic N) is 2.